The van der Waals surface area contributed by atoms with E-state index in [1.807, 2.05) is 0 Å². The van der Waals surface area contributed by atoms with Gasteiger partial charge in [0.15, 0.2) is 0 Å². The summed E-state index contributed by atoms with van der Waals surface area (Å²) in [4.78, 5) is 24.3. The molecule has 25 heavy (non-hydrogen) atoms. The molecule has 0 saturated heterocycles. The van der Waals surface area contributed by atoms with E-state index in [1.54, 1.807) is 0 Å². The number of aromatic amines is 1. The molecule has 132 valence electrons. The Hall–Kier alpha value is -3.05. The Morgan fingerprint density at radius 3 is 2.36 bits per heavy atom. The normalized spacial score (nSPS) is 11.8. The van der Waals surface area contributed by atoms with Crippen molar-refractivity contribution in [3.63, 3.8) is 0 Å². The summed E-state index contributed by atoms with van der Waals surface area (Å²) in [5.41, 5.74) is -0.645. The molecule has 0 aliphatic heterocycles. The number of pyridine rings is 1. The number of aromatic nitrogens is 1. The van der Waals surface area contributed by atoms with Crippen LogP contribution in [-0.2, 0) is 10.1 Å². The van der Waals surface area contributed by atoms with E-state index in [4.69, 9.17) is 9.66 Å². The molecule has 2 aromatic rings. The Morgan fingerprint density at radius 1 is 1.16 bits per heavy atom. The number of hydrogen-bond acceptors (Lipinski definition) is 7. The third-order valence-corrected chi connectivity index (χ3v) is 4.32. The minimum Gasteiger partial charge on any atom is -0.493 e. The third kappa shape index (κ3) is 3.72. The van der Waals surface area contributed by atoms with Crippen LogP contribution in [0.1, 0.15) is 21.5 Å². The van der Waals surface area contributed by atoms with E-state index < -0.39 is 38.0 Å². The fourth-order valence-corrected chi connectivity index (χ4v) is 2.45. The van der Waals surface area contributed by atoms with Crippen LogP contribution < -0.4 is 5.56 Å². The van der Waals surface area contributed by atoms with Gasteiger partial charge < -0.3 is 10.2 Å². The Balaban J connectivity index is 2.58. The van der Waals surface area contributed by atoms with E-state index >= 15 is 0 Å². The van der Waals surface area contributed by atoms with Crippen molar-refractivity contribution in [3.8, 4) is 5.88 Å². The number of hydrogen-bond donors (Lipinski definition) is 4. The molecule has 2 rings (SSSR count). The zero-order valence-corrected chi connectivity index (χ0v) is 13.8. The van der Waals surface area contributed by atoms with Gasteiger partial charge in [0.2, 0.25) is 5.88 Å². The summed E-state index contributed by atoms with van der Waals surface area (Å²) in [5.74, 6) is -2.03. The number of aromatic carboxylic acids is 1. The van der Waals surface area contributed by atoms with Crippen molar-refractivity contribution in [1.29, 1.82) is 0 Å². The molecule has 0 aliphatic carbocycles. The lowest BCUT2D eigenvalue weighted by Crippen LogP contribution is -2.10. The van der Waals surface area contributed by atoms with E-state index in [-0.39, 0.29) is 11.4 Å². The van der Waals surface area contributed by atoms with E-state index in [0.717, 1.165) is 18.2 Å². The first-order chi connectivity index (χ1) is 11.5. The number of H-pyrrole nitrogens is 1. The molecule has 4 N–H and O–H groups in total. The molecule has 1 aromatic carbocycles. The molecule has 0 saturated carbocycles. The SMILES string of the molecule is Cc1c(/N=N/c2ccc(S(=O)(=O)O)cc2C(=O)O)c(O)[nH]c(=O)c1C. The van der Waals surface area contributed by atoms with Crippen LogP contribution in [0.2, 0.25) is 0 Å². The molecule has 0 fully saturated rings. The van der Waals surface area contributed by atoms with Crippen LogP contribution in [0.15, 0.2) is 38.1 Å². The second-order valence-electron chi connectivity index (χ2n) is 5.06. The van der Waals surface area contributed by atoms with Crippen LogP contribution >= 0.6 is 0 Å². The van der Waals surface area contributed by atoms with Crippen molar-refractivity contribution < 1.29 is 28.0 Å². The largest absolute Gasteiger partial charge is 0.493 e. The maximum Gasteiger partial charge on any atom is 0.338 e. The average Bonchev–Trinajstić information content (AvgIpc) is 2.51. The van der Waals surface area contributed by atoms with Crippen molar-refractivity contribution in [2.24, 2.45) is 10.2 Å². The highest BCUT2D eigenvalue weighted by Crippen LogP contribution is 2.31. The van der Waals surface area contributed by atoms with Crippen LogP contribution in [0.5, 0.6) is 5.88 Å². The molecule has 0 aliphatic rings. The van der Waals surface area contributed by atoms with Gasteiger partial charge in [-0.2, -0.15) is 8.42 Å². The number of nitrogens with zero attached hydrogens (tertiary/aromatic N) is 2. The predicted molar refractivity (Wildman–Crippen MR) is 85.6 cm³/mol. The Bertz CT molecular complexity index is 1050. The van der Waals surface area contributed by atoms with Gasteiger partial charge in [-0.15, -0.1) is 10.2 Å². The van der Waals surface area contributed by atoms with E-state index in [0.29, 0.717) is 11.1 Å². The topological polar surface area (TPSA) is 169 Å². The minimum absolute atomic E-state index is 0.0627. The summed E-state index contributed by atoms with van der Waals surface area (Å²) in [6, 6.07) is 2.73. The number of rotatable bonds is 4. The second-order valence-corrected chi connectivity index (χ2v) is 6.48. The summed E-state index contributed by atoms with van der Waals surface area (Å²) in [6.45, 7) is 3.04. The molecular formula is C14H13N3O7S. The maximum absolute atomic E-state index is 11.5. The summed E-state index contributed by atoms with van der Waals surface area (Å²) in [7, 11) is -4.58. The molecule has 1 heterocycles. The fraction of sp³-hybridized carbons (Fsp3) is 0.143. The summed E-state index contributed by atoms with van der Waals surface area (Å²) in [6.07, 6.45) is 0. The summed E-state index contributed by atoms with van der Waals surface area (Å²) in [5, 5.41) is 26.4. The highest BCUT2D eigenvalue weighted by atomic mass is 32.2. The lowest BCUT2D eigenvalue weighted by molar-refractivity contribution is 0.0697. The van der Waals surface area contributed by atoms with Gasteiger partial charge in [-0.1, -0.05) is 0 Å². The predicted octanol–water partition coefficient (Wildman–Crippen LogP) is 2.06. The van der Waals surface area contributed by atoms with Gasteiger partial charge in [-0.3, -0.25) is 14.3 Å². The van der Waals surface area contributed by atoms with E-state index in [9.17, 15) is 23.1 Å². The molecule has 1 aromatic heterocycles. The third-order valence-electron chi connectivity index (χ3n) is 3.47. The van der Waals surface area contributed by atoms with Crippen LogP contribution in [0, 0.1) is 13.8 Å². The quantitative estimate of drug-likeness (QED) is 0.473. The van der Waals surface area contributed by atoms with Crippen LogP contribution in [0.4, 0.5) is 11.4 Å². The van der Waals surface area contributed by atoms with Crippen molar-refractivity contribution in [2.45, 2.75) is 18.7 Å². The molecule has 0 spiro atoms. The highest BCUT2D eigenvalue weighted by Gasteiger charge is 2.17. The van der Waals surface area contributed by atoms with Crippen LogP contribution in [-0.4, -0.2) is 34.1 Å². The molecular weight excluding hydrogens is 354 g/mol. The average molecular weight is 367 g/mol. The van der Waals surface area contributed by atoms with Gasteiger partial charge in [-0.25, -0.2) is 4.79 Å². The standard InChI is InChI=1S/C14H13N3O7S/c1-6-7(2)12(18)15-13(19)11(6)17-16-10-4-3-8(25(22,23)24)5-9(10)14(20)21/h3-5H,1-2H3,(H,20,21)(H2,15,18,19)(H,22,23,24)/b17-16+. The zero-order valence-electron chi connectivity index (χ0n) is 13.0. The Kier molecular flexibility index (Phi) is 4.72. The van der Waals surface area contributed by atoms with Crippen LogP contribution in [0.3, 0.4) is 0 Å². The molecule has 0 amide bonds. The smallest absolute Gasteiger partial charge is 0.338 e. The number of carbonyl (C=O) groups is 1. The van der Waals surface area contributed by atoms with Gasteiger partial charge in [-0.05, 0) is 37.6 Å². The summed E-state index contributed by atoms with van der Waals surface area (Å²) < 4.78 is 31.2. The van der Waals surface area contributed by atoms with Crippen molar-refractivity contribution in [1.82, 2.24) is 4.98 Å². The molecule has 11 heteroatoms. The van der Waals surface area contributed by atoms with Gasteiger partial charge in [0, 0.05) is 5.56 Å². The Labute approximate surface area is 141 Å². The second kappa shape index (κ2) is 6.45. The molecule has 0 unspecified atom stereocenters. The van der Waals surface area contributed by atoms with Crippen molar-refractivity contribution in [2.75, 3.05) is 0 Å². The van der Waals surface area contributed by atoms with Crippen molar-refractivity contribution >= 4 is 27.5 Å². The van der Waals surface area contributed by atoms with Gasteiger partial charge in [0.25, 0.3) is 15.7 Å². The fourth-order valence-electron chi connectivity index (χ4n) is 1.95. The van der Waals surface area contributed by atoms with Crippen molar-refractivity contribution in [3.05, 3.63) is 45.2 Å². The van der Waals surface area contributed by atoms with Gasteiger partial charge >= 0.3 is 5.97 Å². The number of nitrogens with one attached hydrogen (secondary N) is 1. The first-order valence-corrected chi connectivity index (χ1v) is 8.15. The number of aromatic hydroxyl groups is 1. The minimum atomic E-state index is -4.58. The monoisotopic (exact) mass is 367 g/mol. The van der Waals surface area contributed by atoms with Gasteiger partial charge in [0.05, 0.1) is 10.5 Å². The maximum atomic E-state index is 11.5. The number of azo groups is 1. The summed E-state index contributed by atoms with van der Waals surface area (Å²) >= 11 is 0. The number of carboxylic acids is 1. The number of carboxylic acid groups (broad SMARTS) is 1. The van der Waals surface area contributed by atoms with Gasteiger partial charge in [0.1, 0.15) is 11.4 Å². The molecule has 0 radical (unpaired) electrons. The molecule has 0 atom stereocenters. The highest BCUT2D eigenvalue weighted by molar-refractivity contribution is 7.85. The van der Waals surface area contributed by atoms with E-state index in [1.165, 1.54) is 13.8 Å². The molecule has 0 bridgehead atoms. The first-order valence-electron chi connectivity index (χ1n) is 6.71. The lowest BCUT2D eigenvalue weighted by Gasteiger charge is -2.06. The molecule has 10 nitrogen and oxygen atoms in total. The zero-order chi connectivity index (χ0) is 18.9. The number of benzene rings is 1. The van der Waals surface area contributed by atoms with E-state index in [2.05, 4.69) is 15.2 Å². The Morgan fingerprint density at radius 2 is 1.80 bits per heavy atom. The lowest BCUT2D eigenvalue weighted by atomic mass is 10.1. The first kappa shape index (κ1) is 18.3. The van der Waals surface area contributed by atoms with Crippen LogP contribution in [0.25, 0.3) is 0 Å².